The molecule has 7 heteroatoms. The second kappa shape index (κ2) is 11.3. The maximum Gasteiger partial charge on any atom is 0.326 e. The Morgan fingerprint density at radius 2 is 1.70 bits per heavy atom. The molecule has 0 fully saturated rings. The Hall–Kier alpha value is -3.61. The Kier molecular flexibility index (Phi) is 8.24. The van der Waals surface area contributed by atoms with Crippen molar-refractivity contribution in [1.82, 2.24) is 15.6 Å². The van der Waals surface area contributed by atoms with Crippen molar-refractivity contribution in [2.45, 2.75) is 51.6 Å². The van der Waals surface area contributed by atoms with E-state index in [9.17, 15) is 19.5 Å². The number of benzene rings is 2. The molecule has 0 aliphatic heterocycles. The summed E-state index contributed by atoms with van der Waals surface area (Å²) in [6.45, 7) is 3.66. The Morgan fingerprint density at radius 3 is 2.39 bits per heavy atom. The normalized spacial score (nSPS) is 13.8. The number of hydrogen-bond donors (Lipinski definition) is 4. The van der Waals surface area contributed by atoms with Gasteiger partial charge >= 0.3 is 5.97 Å². The van der Waals surface area contributed by atoms with E-state index in [1.165, 1.54) is 0 Å². The molecule has 33 heavy (non-hydrogen) atoms. The van der Waals surface area contributed by atoms with E-state index >= 15 is 0 Å². The molecular weight excluding hydrogens is 418 g/mol. The van der Waals surface area contributed by atoms with Crippen molar-refractivity contribution in [2.24, 2.45) is 5.92 Å². The minimum atomic E-state index is -1.08. The molecule has 2 aromatic carbocycles. The van der Waals surface area contributed by atoms with Crippen molar-refractivity contribution in [3.63, 3.8) is 0 Å². The average molecular weight is 450 g/mol. The molecular formula is C26H31N3O4. The van der Waals surface area contributed by atoms with Crippen LogP contribution in [0.1, 0.15) is 37.8 Å². The molecule has 1 heterocycles. The maximum atomic E-state index is 13.2. The number of rotatable bonds is 11. The number of carbonyl (C=O) groups excluding carboxylic acids is 2. The van der Waals surface area contributed by atoms with Crippen LogP contribution >= 0.6 is 0 Å². The predicted octanol–water partition coefficient (Wildman–Crippen LogP) is 3.44. The van der Waals surface area contributed by atoms with Gasteiger partial charge in [0.15, 0.2) is 0 Å². The summed E-state index contributed by atoms with van der Waals surface area (Å²) in [5.74, 6) is -2.08. The summed E-state index contributed by atoms with van der Waals surface area (Å²) in [7, 11) is 0. The first-order valence-electron chi connectivity index (χ1n) is 11.3. The zero-order chi connectivity index (χ0) is 23.8. The molecule has 0 saturated carbocycles. The largest absolute Gasteiger partial charge is 0.480 e. The lowest BCUT2D eigenvalue weighted by Gasteiger charge is -2.24. The lowest BCUT2D eigenvalue weighted by Crippen LogP contribution is -2.54. The zero-order valence-corrected chi connectivity index (χ0v) is 19.0. The van der Waals surface area contributed by atoms with Crippen molar-refractivity contribution in [3.8, 4) is 0 Å². The smallest absolute Gasteiger partial charge is 0.326 e. The molecule has 0 bridgehead atoms. The van der Waals surface area contributed by atoms with Crippen LogP contribution in [0.15, 0.2) is 60.8 Å². The fourth-order valence-electron chi connectivity index (χ4n) is 3.84. The number of amides is 2. The maximum absolute atomic E-state index is 13.2. The number of H-pyrrole nitrogens is 1. The first-order chi connectivity index (χ1) is 15.9. The van der Waals surface area contributed by atoms with Gasteiger partial charge in [-0.25, -0.2) is 4.79 Å². The fourth-order valence-corrected chi connectivity index (χ4v) is 3.84. The summed E-state index contributed by atoms with van der Waals surface area (Å²) < 4.78 is 0. The van der Waals surface area contributed by atoms with Crippen LogP contribution in [0.3, 0.4) is 0 Å². The highest BCUT2D eigenvalue weighted by Crippen LogP contribution is 2.19. The molecule has 4 N–H and O–H groups in total. The molecule has 0 unspecified atom stereocenters. The molecule has 0 radical (unpaired) electrons. The van der Waals surface area contributed by atoms with Crippen molar-refractivity contribution in [3.05, 3.63) is 71.9 Å². The van der Waals surface area contributed by atoms with Gasteiger partial charge in [-0.05, 0) is 29.5 Å². The van der Waals surface area contributed by atoms with Gasteiger partial charge in [0.2, 0.25) is 11.8 Å². The predicted molar refractivity (Wildman–Crippen MR) is 128 cm³/mol. The summed E-state index contributed by atoms with van der Waals surface area (Å²) in [5, 5.41) is 16.0. The molecule has 174 valence electrons. The molecule has 3 atom stereocenters. The second-order valence-electron chi connectivity index (χ2n) is 8.38. The Morgan fingerprint density at radius 1 is 1.00 bits per heavy atom. The lowest BCUT2D eigenvalue weighted by molar-refractivity contribution is -0.143. The number of hydrogen-bond acceptors (Lipinski definition) is 3. The third-order valence-corrected chi connectivity index (χ3v) is 6.01. The van der Waals surface area contributed by atoms with Gasteiger partial charge in [-0.2, -0.15) is 0 Å². The summed E-state index contributed by atoms with van der Waals surface area (Å²) in [5.41, 5.74) is 2.85. The minimum Gasteiger partial charge on any atom is -0.480 e. The Labute approximate surface area is 193 Å². The fraction of sp³-hybridized carbons (Fsp3) is 0.346. The Balaban J connectivity index is 1.76. The molecule has 0 spiro atoms. The number of carboxylic acids is 1. The number of carboxylic acid groups (broad SMARTS) is 1. The van der Waals surface area contributed by atoms with Crippen molar-refractivity contribution in [2.75, 3.05) is 0 Å². The summed E-state index contributed by atoms with van der Waals surface area (Å²) in [4.78, 5) is 40.8. The molecule has 3 rings (SSSR count). The molecule has 1 aromatic heterocycles. The third-order valence-electron chi connectivity index (χ3n) is 6.01. The number of aryl methyl sites for hydroxylation is 1. The first kappa shape index (κ1) is 24.0. The van der Waals surface area contributed by atoms with E-state index in [1.54, 1.807) is 6.92 Å². The zero-order valence-electron chi connectivity index (χ0n) is 19.0. The number of aromatic amines is 1. The van der Waals surface area contributed by atoms with E-state index in [0.29, 0.717) is 12.8 Å². The van der Waals surface area contributed by atoms with Gasteiger partial charge in [0.05, 0.1) is 0 Å². The highest BCUT2D eigenvalue weighted by atomic mass is 16.4. The van der Waals surface area contributed by atoms with Gasteiger partial charge < -0.3 is 20.7 Å². The Bertz CT molecular complexity index is 1090. The average Bonchev–Trinajstić information content (AvgIpc) is 3.23. The van der Waals surface area contributed by atoms with Gasteiger partial charge in [-0.1, -0.05) is 68.8 Å². The standard InChI is InChI=1S/C26H31N3O4/c1-3-17(2)24(26(32)33)29-25(31)22(15-19-16-27-21-12-8-7-11-20(19)21)28-23(30)14-13-18-9-5-4-6-10-18/h4-12,16-17,22,24,27H,3,13-15H2,1-2H3,(H,28,30)(H,29,31)(H,32,33)/t17-,22-,24-/m0/s1. The number of nitrogens with one attached hydrogen (secondary N) is 3. The lowest BCUT2D eigenvalue weighted by atomic mass is 9.98. The highest BCUT2D eigenvalue weighted by molar-refractivity contribution is 5.92. The van der Waals surface area contributed by atoms with E-state index in [-0.39, 0.29) is 24.7 Å². The van der Waals surface area contributed by atoms with Crippen LogP contribution in [0.4, 0.5) is 0 Å². The van der Waals surface area contributed by atoms with Crippen LogP contribution in [0.5, 0.6) is 0 Å². The topological polar surface area (TPSA) is 111 Å². The monoisotopic (exact) mass is 449 g/mol. The molecule has 3 aromatic rings. The van der Waals surface area contributed by atoms with E-state index in [2.05, 4.69) is 15.6 Å². The van der Waals surface area contributed by atoms with Crippen LogP contribution in [0.2, 0.25) is 0 Å². The first-order valence-corrected chi connectivity index (χ1v) is 11.3. The quantitative estimate of drug-likeness (QED) is 0.359. The number of para-hydroxylation sites is 1. The minimum absolute atomic E-state index is 0.232. The van der Waals surface area contributed by atoms with Gasteiger partial charge in [-0.3, -0.25) is 9.59 Å². The van der Waals surface area contributed by atoms with Gasteiger partial charge in [0.25, 0.3) is 0 Å². The van der Waals surface area contributed by atoms with Crippen LogP contribution in [0, 0.1) is 5.92 Å². The number of aliphatic carboxylic acids is 1. The summed E-state index contributed by atoms with van der Waals surface area (Å²) in [6.07, 6.45) is 3.46. The van der Waals surface area contributed by atoms with Crippen molar-refractivity contribution >= 4 is 28.7 Å². The van der Waals surface area contributed by atoms with Gasteiger partial charge in [0.1, 0.15) is 12.1 Å². The van der Waals surface area contributed by atoms with E-state index < -0.39 is 24.0 Å². The van der Waals surface area contributed by atoms with Gasteiger partial charge in [0, 0.05) is 29.9 Å². The van der Waals surface area contributed by atoms with Gasteiger partial charge in [-0.15, -0.1) is 0 Å². The number of fused-ring (bicyclic) bond motifs is 1. The van der Waals surface area contributed by atoms with Crippen LogP contribution in [-0.4, -0.2) is 40.0 Å². The molecule has 0 saturated heterocycles. The number of aromatic nitrogens is 1. The van der Waals surface area contributed by atoms with E-state index in [4.69, 9.17) is 0 Å². The van der Waals surface area contributed by atoms with Crippen LogP contribution in [-0.2, 0) is 27.2 Å². The van der Waals surface area contributed by atoms with Crippen molar-refractivity contribution in [1.29, 1.82) is 0 Å². The summed E-state index contributed by atoms with van der Waals surface area (Å²) in [6, 6.07) is 15.5. The van der Waals surface area contributed by atoms with E-state index in [0.717, 1.165) is 22.0 Å². The molecule has 0 aliphatic rings. The molecule has 7 nitrogen and oxygen atoms in total. The van der Waals surface area contributed by atoms with Crippen molar-refractivity contribution < 1.29 is 19.5 Å². The van der Waals surface area contributed by atoms with Crippen LogP contribution < -0.4 is 10.6 Å². The molecule has 0 aliphatic carbocycles. The SMILES string of the molecule is CC[C@H](C)[C@H](NC(=O)[C@H](Cc1c[nH]c2ccccc12)NC(=O)CCc1ccccc1)C(=O)O. The van der Waals surface area contributed by atoms with Crippen LogP contribution in [0.25, 0.3) is 10.9 Å². The highest BCUT2D eigenvalue weighted by Gasteiger charge is 2.30. The molecule has 2 amide bonds. The van der Waals surface area contributed by atoms with E-state index in [1.807, 2.05) is 67.7 Å². The summed E-state index contributed by atoms with van der Waals surface area (Å²) >= 11 is 0. The number of carbonyl (C=O) groups is 3. The third kappa shape index (κ3) is 6.44. The second-order valence-corrected chi connectivity index (χ2v) is 8.38.